The minimum atomic E-state index is 0.336. The molecule has 0 radical (unpaired) electrons. The predicted molar refractivity (Wildman–Crippen MR) is 89.3 cm³/mol. The second-order valence-corrected chi connectivity index (χ2v) is 7.71. The highest BCUT2D eigenvalue weighted by molar-refractivity contribution is 7.10. The monoisotopic (exact) mass is 330 g/mol. The standard InChI is InChI=1S/C17H22N4OS/c1-12-6-7-23-16(12)4-5-17(22)21-13-2-3-14(21)9-15(8-13)20-11-18-10-19-20/h6-7,10-11,13-15H,2-5,8-9H2,1H3. The first-order valence-corrected chi connectivity index (χ1v) is 9.28. The molecule has 2 aromatic heterocycles. The van der Waals surface area contributed by atoms with Gasteiger partial charge in [0.2, 0.25) is 5.91 Å². The highest BCUT2D eigenvalue weighted by atomic mass is 32.1. The number of hydrogen-bond donors (Lipinski definition) is 0. The summed E-state index contributed by atoms with van der Waals surface area (Å²) in [6.07, 6.45) is 9.24. The molecule has 5 nitrogen and oxygen atoms in total. The van der Waals surface area contributed by atoms with E-state index in [9.17, 15) is 4.79 Å². The van der Waals surface area contributed by atoms with Crippen molar-refractivity contribution in [2.24, 2.45) is 0 Å². The van der Waals surface area contributed by atoms with Crippen molar-refractivity contribution in [2.45, 2.75) is 63.6 Å². The predicted octanol–water partition coefficient (Wildman–Crippen LogP) is 2.98. The topological polar surface area (TPSA) is 51.0 Å². The van der Waals surface area contributed by atoms with Crippen LogP contribution in [0.1, 0.15) is 48.6 Å². The Labute approximate surface area is 140 Å². The van der Waals surface area contributed by atoms with Crippen LogP contribution in [0.4, 0.5) is 0 Å². The van der Waals surface area contributed by atoms with Crippen LogP contribution >= 0.6 is 11.3 Å². The molecule has 0 saturated carbocycles. The summed E-state index contributed by atoms with van der Waals surface area (Å²) in [4.78, 5) is 20.4. The van der Waals surface area contributed by atoms with Gasteiger partial charge in [0.1, 0.15) is 12.7 Å². The first kappa shape index (κ1) is 14.9. The normalized spacial score (nSPS) is 26.7. The number of aryl methyl sites for hydroxylation is 2. The summed E-state index contributed by atoms with van der Waals surface area (Å²) in [5, 5.41) is 6.40. The van der Waals surface area contributed by atoms with Gasteiger partial charge in [0, 0.05) is 23.4 Å². The van der Waals surface area contributed by atoms with Crippen molar-refractivity contribution in [1.29, 1.82) is 0 Å². The van der Waals surface area contributed by atoms with E-state index in [1.165, 1.54) is 10.4 Å². The largest absolute Gasteiger partial charge is 0.337 e. The molecule has 2 saturated heterocycles. The van der Waals surface area contributed by atoms with Gasteiger partial charge < -0.3 is 4.90 Å². The van der Waals surface area contributed by atoms with Gasteiger partial charge in [-0.15, -0.1) is 11.3 Å². The summed E-state index contributed by atoms with van der Waals surface area (Å²) in [5.74, 6) is 0.336. The van der Waals surface area contributed by atoms with Crippen molar-refractivity contribution in [3.05, 3.63) is 34.5 Å². The number of amides is 1. The van der Waals surface area contributed by atoms with E-state index < -0.39 is 0 Å². The number of carbonyl (C=O) groups excluding carboxylic acids is 1. The van der Waals surface area contributed by atoms with Crippen LogP contribution in [-0.2, 0) is 11.2 Å². The van der Waals surface area contributed by atoms with Crippen molar-refractivity contribution >= 4 is 17.2 Å². The van der Waals surface area contributed by atoms with Gasteiger partial charge in [-0.3, -0.25) is 4.79 Å². The van der Waals surface area contributed by atoms with Crippen LogP contribution in [0.15, 0.2) is 24.1 Å². The van der Waals surface area contributed by atoms with Gasteiger partial charge >= 0.3 is 0 Å². The summed E-state index contributed by atoms with van der Waals surface area (Å²) in [6.45, 7) is 2.13. The van der Waals surface area contributed by atoms with E-state index in [-0.39, 0.29) is 0 Å². The Balaban J connectivity index is 1.40. The smallest absolute Gasteiger partial charge is 0.223 e. The molecule has 4 heterocycles. The van der Waals surface area contributed by atoms with Gasteiger partial charge in [-0.2, -0.15) is 5.10 Å². The lowest BCUT2D eigenvalue weighted by Crippen LogP contribution is -2.47. The molecule has 2 aliphatic rings. The zero-order valence-electron chi connectivity index (χ0n) is 13.4. The van der Waals surface area contributed by atoms with Crippen LogP contribution in [0.25, 0.3) is 0 Å². The number of thiophene rings is 1. The van der Waals surface area contributed by atoms with Crippen LogP contribution in [0.2, 0.25) is 0 Å². The number of carbonyl (C=O) groups is 1. The summed E-state index contributed by atoms with van der Waals surface area (Å²) >= 11 is 1.76. The third-order valence-electron chi connectivity index (χ3n) is 5.34. The van der Waals surface area contributed by atoms with Gasteiger partial charge in [-0.1, -0.05) is 0 Å². The van der Waals surface area contributed by atoms with Crippen molar-refractivity contribution in [3.8, 4) is 0 Å². The molecule has 0 spiro atoms. The lowest BCUT2D eigenvalue weighted by atomic mass is 9.97. The van der Waals surface area contributed by atoms with Gasteiger partial charge in [-0.05, 0) is 56.0 Å². The highest BCUT2D eigenvalue weighted by Gasteiger charge is 2.43. The third kappa shape index (κ3) is 2.80. The Bertz CT molecular complexity index is 667. The number of nitrogens with zero attached hydrogens (tertiary/aromatic N) is 4. The Morgan fingerprint density at radius 3 is 2.70 bits per heavy atom. The van der Waals surface area contributed by atoms with Crippen molar-refractivity contribution in [1.82, 2.24) is 19.7 Å². The van der Waals surface area contributed by atoms with Crippen molar-refractivity contribution in [2.75, 3.05) is 0 Å². The molecule has 122 valence electrons. The molecule has 0 N–H and O–H groups in total. The van der Waals surface area contributed by atoms with Gasteiger partial charge in [0.25, 0.3) is 0 Å². The van der Waals surface area contributed by atoms with E-state index >= 15 is 0 Å². The van der Waals surface area contributed by atoms with Crippen LogP contribution in [-0.4, -0.2) is 37.7 Å². The molecule has 23 heavy (non-hydrogen) atoms. The Kier molecular flexibility index (Phi) is 3.93. The van der Waals surface area contributed by atoms with Crippen LogP contribution in [0, 0.1) is 6.92 Å². The molecule has 2 unspecified atom stereocenters. The van der Waals surface area contributed by atoms with E-state index in [0.717, 1.165) is 32.1 Å². The van der Waals surface area contributed by atoms with E-state index in [1.807, 2.05) is 4.68 Å². The first-order chi connectivity index (χ1) is 11.2. The lowest BCUT2D eigenvalue weighted by molar-refractivity contribution is -0.136. The van der Waals surface area contributed by atoms with E-state index in [4.69, 9.17) is 0 Å². The zero-order chi connectivity index (χ0) is 15.8. The average molecular weight is 330 g/mol. The number of hydrogen-bond acceptors (Lipinski definition) is 4. The summed E-state index contributed by atoms with van der Waals surface area (Å²) in [7, 11) is 0. The molecular weight excluding hydrogens is 308 g/mol. The van der Waals surface area contributed by atoms with E-state index in [0.29, 0.717) is 30.5 Å². The zero-order valence-corrected chi connectivity index (χ0v) is 14.2. The maximum Gasteiger partial charge on any atom is 0.223 e. The van der Waals surface area contributed by atoms with Crippen molar-refractivity contribution in [3.63, 3.8) is 0 Å². The fraction of sp³-hybridized carbons (Fsp3) is 0.588. The molecule has 0 aromatic carbocycles. The average Bonchev–Trinajstić information content (AvgIpc) is 3.26. The second-order valence-electron chi connectivity index (χ2n) is 6.71. The maximum absolute atomic E-state index is 12.8. The van der Waals surface area contributed by atoms with Crippen LogP contribution in [0.3, 0.4) is 0 Å². The summed E-state index contributed by atoms with van der Waals surface area (Å²) in [5.41, 5.74) is 1.32. The first-order valence-electron chi connectivity index (χ1n) is 8.40. The number of fused-ring (bicyclic) bond motifs is 2. The highest BCUT2D eigenvalue weighted by Crippen LogP contribution is 2.40. The third-order valence-corrected chi connectivity index (χ3v) is 6.42. The van der Waals surface area contributed by atoms with Crippen LogP contribution < -0.4 is 0 Å². The molecular formula is C17H22N4OS. The van der Waals surface area contributed by atoms with E-state index in [1.54, 1.807) is 24.0 Å². The fourth-order valence-electron chi connectivity index (χ4n) is 4.19. The maximum atomic E-state index is 12.8. The van der Waals surface area contributed by atoms with Gasteiger partial charge in [-0.25, -0.2) is 9.67 Å². The number of rotatable bonds is 4. The lowest BCUT2D eigenvalue weighted by Gasteiger charge is -2.39. The van der Waals surface area contributed by atoms with Crippen molar-refractivity contribution < 1.29 is 4.79 Å². The number of piperidine rings is 1. The Morgan fingerprint density at radius 1 is 1.30 bits per heavy atom. The second kappa shape index (κ2) is 6.07. The Morgan fingerprint density at radius 2 is 2.09 bits per heavy atom. The number of aromatic nitrogens is 3. The quantitative estimate of drug-likeness (QED) is 0.866. The molecule has 4 rings (SSSR count). The molecule has 2 atom stereocenters. The van der Waals surface area contributed by atoms with Gasteiger partial charge in [0.15, 0.2) is 0 Å². The van der Waals surface area contributed by atoms with Gasteiger partial charge in [0.05, 0.1) is 6.04 Å². The molecule has 6 heteroatoms. The minimum Gasteiger partial charge on any atom is -0.337 e. The molecule has 2 bridgehead atoms. The minimum absolute atomic E-state index is 0.336. The molecule has 1 amide bonds. The van der Waals surface area contributed by atoms with E-state index in [2.05, 4.69) is 33.4 Å². The molecule has 2 aromatic rings. The molecule has 2 fully saturated rings. The fourth-order valence-corrected chi connectivity index (χ4v) is 5.10. The SMILES string of the molecule is Cc1ccsc1CCC(=O)N1C2CCC1CC(n1cncn1)C2. The molecule has 0 aliphatic carbocycles. The van der Waals surface area contributed by atoms with Crippen LogP contribution in [0.5, 0.6) is 0 Å². The Hall–Kier alpha value is -1.69. The summed E-state index contributed by atoms with van der Waals surface area (Å²) in [6, 6.07) is 3.32. The summed E-state index contributed by atoms with van der Waals surface area (Å²) < 4.78 is 1.97. The molecule has 2 aliphatic heterocycles.